The summed E-state index contributed by atoms with van der Waals surface area (Å²) in [6.07, 6.45) is 6.82. The molecule has 2 rings (SSSR count). The average Bonchev–Trinajstić information content (AvgIpc) is 2.78. The largest absolute Gasteiger partial charge is 0.356 e. The van der Waals surface area contributed by atoms with Crippen molar-refractivity contribution in [2.24, 2.45) is 0 Å². The van der Waals surface area contributed by atoms with Gasteiger partial charge in [0.1, 0.15) is 0 Å². The quantitative estimate of drug-likeness (QED) is 0.843. The second-order valence-electron chi connectivity index (χ2n) is 4.31. The van der Waals surface area contributed by atoms with E-state index in [1.165, 1.54) is 6.42 Å². The molecule has 0 aliphatic carbocycles. The Balaban J connectivity index is 1.91. The van der Waals surface area contributed by atoms with Gasteiger partial charge in [0, 0.05) is 38.4 Å². The van der Waals surface area contributed by atoms with E-state index in [1.807, 2.05) is 6.07 Å². The molecule has 92 valence electrons. The summed E-state index contributed by atoms with van der Waals surface area (Å²) in [5.74, 6) is 0.836. The maximum atomic E-state index is 10.8. The fourth-order valence-corrected chi connectivity index (χ4v) is 2.25. The fraction of sp³-hybridized carbons (Fsp3) is 0.583. The summed E-state index contributed by atoms with van der Waals surface area (Å²) in [6, 6.07) is 2.27. The van der Waals surface area contributed by atoms with E-state index in [9.17, 15) is 4.79 Å². The lowest BCUT2D eigenvalue weighted by atomic mass is 10.1. The topological polar surface area (TPSA) is 58.1 Å². The zero-order valence-electron chi connectivity index (χ0n) is 10.1. The molecule has 1 aromatic rings. The van der Waals surface area contributed by atoms with Crippen LogP contribution in [-0.4, -0.2) is 35.0 Å². The van der Waals surface area contributed by atoms with Gasteiger partial charge in [-0.3, -0.25) is 4.79 Å². The van der Waals surface area contributed by atoms with Gasteiger partial charge in [-0.1, -0.05) is 0 Å². The first-order chi connectivity index (χ1) is 8.27. The van der Waals surface area contributed by atoms with Crippen molar-refractivity contribution in [2.45, 2.75) is 32.2 Å². The van der Waals surface area contributed by atoms with Crippen LogP contribution < -0.4 is 10.2 Å². The molecule has 17 heavy (non-hydrogen) atoms. The summed E-state index contributed by atoms with van der Waals surface area (Å²) >= 11 is 0. The minimum absolute atomic E-state index is 0.0329. The molecule has 1 atom stereocenters. The van der Waals surface area contributed by atoms with Gasteiger partial charge in [-0.2, -0.15) is 0 Å². The number of hydrogen-bond donors (Lipinski definition) is 1. The Bertz CT molecular complexity index is 368. The summed E-state index contributed by atoms with van der Waals surface area (Å²) in [5.41, 5.74) is 0. The molecule has 2 heterocycles. The van der Waals surface area contributed by atoms with E-state index < -0.39 is 0 Å². The maximum Gasteiger partial charge on any atom is 0.225 e. The molecule has 0 spiro atoms. The monoisotopic (exact) mass is 234 g/mol. The zero-order valence-corrected chi connectivity index (χ0v) is 10.1. The molecule has 1 N–H and O–H groups in total. The Morgan fingerprint density at radius 2 is 2.29 bits per heavy atom. The first kappa shape index (κ1) is 11.8. The number of nitrogens with one attached hydrogen (secondary N) is 1. The molecule has 0 bridgehead atoms. The molecule has 0 radical (unpaired) electrons. The Hall–Kier alpha value is -1.65. The minimum Gasteiger partial charge on any atom is -0.356 e. The Kier molecular flexibility index (Phi) is 3.90. The normalized spacial score (nSPS) is 19.4. The van der Waals surface area contributed by atoms with Crippen LogP contribution in [0.3, 0.4) is 0 Å². The van der Waals surface area contributed by atoms with Crippen molar-refractivity contribution < 1.29 is 4.79 Å². The molecular formula is C12H18N4O. The summed E-state index contributed by atoms with van der Waals surface area (Å²) in [6.45, 7) is 3.28. The summed E-state index contributed by atoms with van der Waals surface area (Å²) in [5, 5.41) is 2.84. The molecule has 1 unspecified atom stereocenters. The molecular weight excluding hydrogens is 216 g/mol. The highest BCUT2D eigenvalue weighted by atomic mass is 16.1. The van der Waals surface area contributed by atoms with Gasteiger partial charge in [0.05, 0.1) is 0 Å². The van der Waals surface area contributed by atoms with E-state index in [2.05, 4.69) is 20.2 Å². The van der Waals surface area contributed by atoms with Crippen LogP contribution in [0, 0.1) is 0 Å². The fourth-order valence-electron chi connectivity index (χ4n) is 2.25. The third-order valence-electron chi connectivity index (χ3n) is 3.04. The first-order valence-electron chi connectivity index (χ1n) is 6.05. The maximum absolute atomic E-state index is 10.8. The predicted octanol–water partition coefficient (Wildman–Crippen LogP) is 0.972. The molecule has 1 aliphatic rings. The molecule has 5 heteroatoms. The molecule has 1 aliphatic heterocycles. The van der Waals surface area contributed by atoms with Crippen molar-refractivity contribution in [1.29, 1.82) is 0 Å². The highest BCUT2D eigenvalue weighted by molar-refractivity contribution is 5.72. The van der Waals surface area contributed by atoms with Crippen LogP contribution in [0.25, 0.3) is 0 Å². The van der Waals surface area contributed by atoms with Crippen LogP contribution >= 0.6 is 0 Å². The van der Waals surface area contributed by atoms with Gasteiger partial charge in [0.15, 0.2) is 0 Å². The van der Waals surface area contributed by atoms with E-state index in [0.29, 0.717) is 6.04 Å². The lowest BCUT2D eigenvalue weighted by Gasteiger charge is -2.24. The van der Waals surface area contributed by atoms with Gasteiger partial charge in [-0.15, -0.1) is 0 Å². The number of amides is 1. The number of carbonyl (C=O) groups excluding carboxylic acids is 1. The third kappa shape index (κ3) is 3.15. The Morgan fingerprint density at radius 1 is 1.53 bits per heavy atom. The molecule has 1 aromatic heterocycles. The second kappa shape index (κ2) is 5.61. The third-order valence-corrected chi connectivity index (χ3v) is 3.04. The number of aromatic nitrogens is 2. The Labute approximate surface area is 101 Å². The summed E-state index contributed by atoms with van der Waals surface area (Å²) < 4.78 is 0. The van der Waals surface area contributed by atoms with E-state index in [0.717, 1.165) is 31.9 Å². The van der Waals surface area contributed by atoms with Crippen molar-refractivity contribution in [3.63, 3.8) is 0 Å². The van der Waals surface area contributed by atoms with Crippen molar-refractivity contribution in [3.8, 4) is 0 Å². The van der Waals surface area contributed by atoms with Crippen molar-refractivity contribution >= 4 is 11.9 Å². The SMILES string of the molecule is CC(=O)NCCC1CCCN1c1ncccn1. The number of nitrogens with zero attached hydrogens (tertiary/aromatic N) is 3. The second-order valence-corrected chi connectivity index (χ2v) is 4.31. The number of hydrogen-bond acceptors (Lipinski definition) is 4. The van der Waals surface area contributed by atoms with Crippen LogP contribution in [0.15, 0.2) is 18.5 Å². The van der Waals surface area contributed by atoms with Crippen LogP contribution in [-0.2, 0) is 4.79 Å². The van der Waals surface area contributed by atoms with E-state index >= 15 is 0 Å². The van der Waals surface area contributed by atoms with Gasteiger partial charge < -0.3 is 10.2 Å². The lowest BCUT2D eigenvalue weighted by Crippen LogP contribution is -2.34. The standard InChI is InChI=1S/C12H18N4O/c1-10(17)13-8-5-11-4-2-9-16(11)12-14-6-3-7-15-12/h3,6-7,11H,2,4-5,8-9H2,1H3,(H,13,17). The average molecular weight is 234 g/mol. The highest BCUT2D eigenvalue weighted by Crippen LogP contribution is 2.23. The van der Waals surface area contributed by atoms with Crippen molar-refractivity contribution in [3.05, 3.63) is 18.5 Å². The van der Waals surface area contributed by atoms with Gasteiger partial charge in [-0.25, -0.2) is 9.97 Å². The summed E-state index contributed by atoms with van der Waals surface area (Å²) in [4.78, 5) is 21.6. The van der Waals surface area contributed by atoms with Crippen molar-refractivity contribution in [1.82, 2.24) is 15.3 Å². The van der Waals surface area contributed by atoms with Gasteiger partial charge in [0.2, 0.25) is 11.9 Å². The molecule has 1 fully saturated rings. The Morgan fingerprint density at radius 3 is 3.00 bits per heavy atom. The van der Waals surface area contributed by atoms with Crippen LogP contribution in [0.5, 0.6) is 0 Å². The van der Waals surface area contributed by atoms with Gasteiger partial charge in [0.25, 0.3) is 0 Å². The number of anilines is 1. The first-order valence-corrected chi connectivity index (χ1v) is 6.05. The van der Waals surface area contributed by atoms with E-state index in [1.54, 1.807) is 19.3 Å². The molecule has 0 aromatic carbocycles. The van der Waals surface area contributed by atoms with Crippen molar-refractivity contribution in [2.75, 3.05) is 18.0 Å². The highest BCUT2D eigenvalue weighted by Gasteiger charge is 2.25. The smallest absolute Gasteiger partial charge is 0.225 e. The van der Waals surface area contributed by atoms with Crippen LogP contribution in [0.2, 0.25) is 0 Å². The van der Waals surface area contributed by atoms with Gasteiger partial charge in [-0.05, 0) is 25.3 Å². The van der Waals surface area contributed by atoms with Crippen LogP contribution in [0.1, 0.15) is 26.2 Å². The predicted molar refractivity (Wildman–Crippen MR) is 65.7 cm³/mol. The van der Waals surface area contributed by atoms with E-state index in [-0.39, 0.29) is 5.91 Å². The molecule has 5 nitrogen and oxygen atoms in total. The molecule has 1 saturated heterocycles. The van der Waals surface area contributed by atoms with Crippen LogP contribution in [0.4, 0.5) is 5.95 Å². The number of carbonyl (C=O) groups is 1. The number of rotatable bonds is 4. The zero-order chi connectivity index (χ0) is 12.1. The minimum atomic E-state index is 0.0329. The lowest BCUT2D eigenvalue weighted by molar-refractivity contribution is -0.118. The summed E-state index contributed by atoms with van der Waals surface area (Å²) in [7, 11) is 0. The van der Waals surface area contributed by atoms with Gasteiger partial charge >= 0.3 is 0 Å². The molecule has 1 amide bonds. The molecule has 0 saturated carbocycles. The van der Waals surface area contributed by atoms with E-state index in [4.69, 9.17) is 0 Å².